The van der Waals surface area contributed by atoms with E-state index in [0.29, 0.717) is 12.1 Å². The first-order valence-electron chi connectivity index (χ1n) is 3.87. The number of hydrogen-bond donors (Lipinski definition) is 0. The molecule has 1 rings (SSSR count). The van der Waals surface area contributed by atoms with Gasteiger partial charge in [0, 0.05) is 12.1 Å². The fourth-order valence-electron chi connectivity index (χ4n) is 1.26. The summed E-state index contributed by atoms with van der Waals surface area (Å²) in [6.45, 7) is 8.64. The van der Waals surface area contributed by atoms with Crippen LogP contribution in [-0.4, -0.2) is 22.1 Å². The monoisotopic (exact) mass is 209 g/mol. The van der Waals surface area contributed by atoms with E-state index in [1.807, 2.05) is 0 Å². The lowest BCUT2D eigenvalue weighted by atomic mass is 10.2. The third kappa shape index (κ3) is 2.39. The maximum Gasteiger partial charge on any atom is 0.0917 e. The Hall–Kier alpha value is 0.850. The first-order valence-corrected chi connectivity index (χ1v) is 7.71. The van der Waals surface area contributed by atoms with Crippen LogP contribution in [0.15, 0.2) is 0 Å². The summed E-state index contributed by atoms with van der Waals surface area (Å²) in [7, 11) is 1.38. The summed E-state index contributed by atoms with van der Waals surface area (Å²) in [6.07, 6.45) is 0. The average Bonchev–Trinajstić information content (AvgIpc) is 2.44. The average molecular weight is 210 g/mol. The first-order chi connectivity index (χ1) is 5.04. The van der Waals surface area contributed by atoms with Gasteiger partial charge in [-0.15, -0.1) is 0 Å². The van der Waals surface area contributed by atoms with Crippen LogP contribution in [0.1, 0.15) is 27.7 Å². The molecule has 0 radical (unpaired) electrons. The summed E-state index contributed by atoms with van der Waals surface area (Å²) in [4.78, 5) is 2.43. The number of halogens is 1. The van der Waals surface area contributed by atoms with E-state index in [4.69, 9.17) is 11.2 Å². The van der Waals surface area contributed by atoms with Crippen molar-refractivity contribution in [1.82, 2.24) is 4.90 Å². The van der Waals surface area contributed by atoms with Gasteiger partial charge in [0.15, 0.2) is 0 Å². The van der Waals surface area contributed by atoms with Gasteiger partial charge in [-0.2, -0.15) is 0 Å². The molecule has 0 spiro atoms. The Labute approximate surface area is 76.3 Å². The lowest BCUT2D eigenvalue weighted by Crippen LogP contribution is -2.37. The Bertz CT molecular complexity index is 171. The van der Waals surface area contributed by atoms with Crippen molar-refractivity contribution in [2.24, 2.45) is 0 Å². The van der Waals surface area contributed by atoms with E-state index < -0.39 is 0 Å². The van der Waals surface area contributed by atoms with Crippen LogP contribution in [-0.2, 0) is 0 Å². The number of rotatable bonds is 3. The quantitative estimate of drug-likeness (QED) is 0.641. The lowest BCUT2D eigenvalue weighted by Gasteiger charge is -2.27. The second kappa shape index (κ2) is 3.71. The van der Waals surface area contributed by atoms with Gasteiger partial charge in [0.1, 0.15) is 0 Å². The molecule has 0 N–H and O–H groups in total. The molecule has 0 bridgehead atoms. The summed E-state index contributed by atoms with van der Waals surface area (Å²) >= 11 is 6.01. The van der Waals surface area contributed by atoms with Gasteiger partial charge < -0.3 is 0 Å². The maximum absolute atomic E-state index is 6.01. The Morgan fingerprint density at radius 1 is 1.27 bits per heavy atom. The fourth-order valence-corrected chi connectivity index (χ4v) is 5.33. The molecule has 0 fully saturated rings. The van der Waals surface area contributed by atoms with Crippen molar-refractivity contribution in [2.75, 3.05) is 0 Å². The molecule has 0 aromatic heterocycles. The normalized spacial score (nSPS) is 24.7. The van der Waals surface area contributed by atoms with Crippen molar-refractivity contribution in [3.8, 4) is 0 Å². The van der Waals surface area contributed by atoms with Crippen LogP contribution < -0.4 is 0 Å². The molecule has 0 saturated carbocycles. The van der Waals surface area contributed by atoms with E-state index >= 15 is 0 Å². The van der Waals surface area contributed by atoms with Crippen molar-refractivity contribution in [1.29, 1.82) is 0 Å². The third-order valence-electron chi connectivity index (χ3n) is 1.65. The molecule has 1 heterocycles. The molecule has 4 heteroatoms. The molecule has 1 nitrogen and oxygen atoms in total. The summed E-state index contributed by atoms with van der Waals surface area (Å²) in [6, 6.07) is 1.20. The number of nitrogens with zero attached hydrogens (tertiary/aromatic N) is 1. The molecule has 0 amide bonds. The van der Waals surface area contributed by atoms with Crippen molar-refractivity contribution in [3.05, 3.63) is 0 Å². The molecule has 0 aromatic carbocycles. The van der Waals surface area contributed by atoms with Crippen LogP contribution in [0, 0.1) is 0 Å². The van der Waals surface area contributed by atoms with Crippen LogP contribution in [0.3, 0.4) is 0 Å². The molecule has 64 valence electrons. The molecule has 1 aliphatic heterocycles. The highest BCUT2D eigenvalue weighted by Gasteiger charge is 2.33. The summed E-state index contributed by atoms with van der Waals surface area (Å²) < 4.78 is 0. The van der Waals surface area contributed by atoms with Gasteiger partial charge in [0.2, 0.25) is 0 Å². The molecule has 0 saturated heterocycles. The highest BCUT2D eigenvalue weighted by molar-refractivity contribution is 8.56. The highest BCUT2D eigenvalue weighted by Crippen LogP contribution is 2.73. The van der Waals surface area contributed by atoms with E-state index in [9.17, 15) is 0 Å². The molecule has 11 heavy (non-hydrogen) atoms. The Morgan fingerprint density at radius 3 is 1.73 bits per heavy atom. The predicted molar refractivity (Wildman–Crippen MR) is 56.8 cm³/mol. The molecular weight excluding hydrogens is 195 g/mol. The van der Waals surface area contributed by atoms with Crippen molar-refractivity contribution < 1.29 is 0 Å². The predicted octanol–water partition coefficient (Wildman–Crippen LogP) is 3.70. The Balaban J connectivity index is 2.55. The van der Waals surface area contributed by atoms with Crippen LogP contribution in [0.5, 0.6) is 0 Å². The van der Waals surface area contributed by atoms with Gasteiger partial charge in [-0.3, -0.25) is 4.90 Å². The summed E-state index contributed by atoms with van der Waals surface area (Å²) in [5, 5.41) is 1.46. The maximum atomic E-state index is 6.01. The Kier molecular flexibility index (Phi) is 3.35. The lowest BCUT2D eigenvalue weighted by molar-refractivity contribution is 0.303. The van der Waals surface area contributed by atoms with Crippen molar-refractivity contribution >= 4 is 31.3 Å². The highest BCUT2D eigenvalue weighted by atomic mass is 35.7. The van der Waals surface area contributed by atoms with Crippen LogP contribution in [0.25, 0.3) is 0 Å². The second-order valence-electron chi connectivity index (χ2n) is 3.25. The van der Waals surface area contributed by atoms with Crippen LogP contribution >= 0.6 is 26.1 Å². The third-order valence-corrected chi connectivity index (χ3v) is 5.89. The van der Waals surface area contributed by atoms with Gasteiger partial charge in [0.05, 0.1) is 12.1 Å². The van der Waals surface area contributed by atoms with E-state index in [-0.39, 0.29) is 6.96 Å². The zero-order valence-electron chi connectivity index (χ0n) is 7.37. The van der Waals surface area contributed by atoms with Crippen molar-refractivity contribution in [3.63, 3.8) is 0 Å². The molecule has 0 aromatic rings. The molecule has 1 unspecified atom stereocenters. The van der Waals surface area contributed by atoms with Gasteiger partial charge in [0.25, 0.3) is 0 Å². The molecule has 1 atom stereocenters. The van der Waals surface area contributed by atoms with Crippen LogP contribution in [0.4, 0.5) is 0 Å². The molecule has 1 aliphatic rings. The molecular formula is C7H14ClNP2. The summed E-state index contributed by atoms with van der Waals surface area (Å²) in [5.74, 6) is 0. The topological polar surface area (TPSA) is 3.24 Å². The number of hydrogen-bond acceptors (Lipinski definition) is 1. The van der Waals surface area contributed by atoms with E-state index in [1.54, 1.807) is 0 Å². The standard InChI is InChI=1S/C7H14ClNP2/c1-5(2)9(6(3)4)7-10-11(7)8/h5-6H,1-4H3. The SMILES string of the molecule is CC(C)N(C1=PP1Cl)C(C)C. The van der Waals surface area contributed by atoms with Gasteiger partial charge in [-0.05, 0) is 35.6 Å². The largest absolute Gasteiger partial charge is 0.264 e. The molecule has 0 aliphatic carbocycles. The zero-order valence-corrected chi connectivity index (χ0v) is 9.92. The second-order valence-corrected chi connectivity index (χ2v) is 8.70. The first kappa shape index (κ1) is 9.93. The van der Waals surface area contributed by atoms with Gasteiger partial charge in [-0.25, -0.2) is 0 Å². The van der Waals surface area contributed by atoms with Crippen LogP contribution in [0.2, 0.25) is 0 Å². The fraction of sp³-hybridized carbons (Fsp3) is 0.857. The van der Waals surface area contributed by atoms with E-state index in [1.165, 1.54) is 13.1 Å². The van der Waals surface area contributed by atoms with Gasteiger partial charge in [-0.1, -0.05) is 11.2 Å². The minimum Gasteiger partial charge on any atom is -0.264 e. The van der Waals surface area contributed by atoms with E-state index in [2.05, 4.69) is 32.6 Å². The smallest absolute Gasteiger partial charge is 0.0917 e. The van der Waals surface area contributed by atoms with Gasteiger partial charge >= 0.3 is 0 Å². The van der Waals surface area contributed by atoms with E-state index in [0.717, 1.165) is 0 Å². The summed E-state index contributed by atoms with van der Waals surface area (Å²) in [5.41, 5.74) is 0. The minimum atomic E-state index is -0.251. The zero-order chi connectivity index (χ0) is 8.59. The minimum absolute atomic E-state index is 0.251. The van der Waals surface area contributed by atoms with Crippen molar-refractivity contribution in [2.45, 2.75) is 39.8 Å². The Morgan fingerprint density at radius 2 is 1.64 bits per heavy atom.